The molecule has 84 valence electrons. The molecule has 1 N–H and O–H groups in total. The summed E-state index contributed by atoms with van der Waals surface area (Å²) in [6.45, 7) is 0.0740. The van der Waals surface area contributed by atoms with Crippen molar-refractivity contribution in [2.75, 3.05) is 0 Å². The number of thiazole rings is 1. The first-order valence-corrected chi connectivity index (χ1v) is 7.47. The molecule has 1 fully saturated rings. The quantitative estimate of drug-likeness (QED) is 0.881. The van der Waals surface area contributed by atoms with Crippen LogP contribution in [0.4, 0.5) is 0 Å². The maximum Gasteiger partial charge on any atom is 0.103 e. The van der Waals surface area contributed by atoms with Gasteiger partial charge >= 0.3 is 0 Å². The predicted octanol–water partition coefficient (Wildman–Crippen LogP) is 3.20. The molecule has 2 nitrogen and oxygen atoms in total. The molecule has 1 aromatic heterocycles. The Balaban J connectivity index is 1.76. The molecule has 0 unspecified atom stereocenters. The Labute approximate surface area is 99.1 Å². The Morgan fingerprint density at radius 3 is 2.87 bits per heavy atom. The molecule has 0 bridgehead atoms. The van der Waals surface area contributed by atoms with Crippen molar-refractivity contribution in [1.29, 1.82) is 0 Å². The maximum absolute atomic E-state index is 8.91. The summed E-state index contributed by atoms with van der Waals surface area (Å²) in [5.74, 6) is 1.02. The van der Waals surface area contributed by atoms with Crippen LogP contribution in [-0.2, 0) is 12.4 Å². The van der Waals surface area contributed by atoms with Crippen molar-refractivity contribution >= 4 is 23.1 Å². The van der Waals surface area contributed by atoms with Crippen molar-refractivity contribution in [3.8, 4) is 0 Å². The van der Waals surface area contributed by atoms with Gasteiger partial charge in [-0.15, -0.1) is 11.3 Å². The lowest BCUT2D eigenvalue weighted by Gasteiger charge is -2.20. The van der Waals surface area contributed by atoms with E-state index in [-0.39, 0.29) is 6.61 Å². The van der Waals surface area contributed by atoms with Gasteiger partial charge in [-0.2, -0.15) is 11.8 Å². The normalized spacial score (nSPS) is 18.2. The van der Waals surface area contributed by atoms with E-state index in [4.69, 9.17) is 5.11 Å². The molecule has 0 amide bonds. The topological polar surface area (TPSA) is 33.1 Å². The van der Waals surface area contributed by atoms with Gasteiger partial charge in [0.1, 0.15) is 5.01 Å². The molecule has 1 aromatic rings. The van der Waals surface area contributed by atoms with E-state index in [2.05, 4.69) is 4.98 Å². The molecule has 15 heavy (non-hydrogen) atoms. The second kappa shape index (κ2) is 5.87. The van der Waals surface area contributed by atoms with E-state index in [1.807, 2.05) is 17.1 Å². The Kier molecular flexibility index (Phi) is 4.47. The van der Waals surface area contributed by atoms with E-state index in [1.54, 1.807) is 11.3 Å². The van der Waals surface area contributed by atoms with Crippen molar-refractivity contribution in [2.24, 2.45) is 0 Å². The minimum Gasteiger partial charge on any atom is -0.390 e. The first-order valence-electron chi connectivity index (χ1n) is 5.54. The van der Waals surface area contributed by atoms with E-state index < -0.39 is 0 Å². The number of aliphatic hydroxyl groups is 1. The SMILES string of the molecule is OCc1csc(CSC2CCCCC2)n1. The lowest BCUT2D eigenvalue weighted by molar-refractivity contribution is 0.277. The first kappa shape index (κ1) is 11.4. The van der Waals surface area contributed by atoms with Gasteiger partial charge in [0.25, 0.3) is 0 Å². The molecule has 1 heterocycles. The van der Waals surface area contributed by atoms with Crippen molar-refractivity contribution in [2.45, 2.75) is 49.7 Å². The fraction of sp³-hybridized carbons (Fsp3) is 0.727. The zero-order chi connectivity index (χ0) is 10.5. The van der Waals surface area contributed by atoms with Gasteiger partial charge in [-0.1, -0.05) is 19.3 Å². The number of thioether (sulfide) groups is 1. The fourth-order valence-corrected chi connectivity index (χ4v) is 4.06. The molecule has 1 saturated carbocycles. The van der Waals surface area contributed by atoms with Crippen molar-refractivity contribution < 1.29 is 5.11 Å². The van der Waals surface area contributed by atoms with Gasteiger partial charge in [-0.05, 0) is 12.8 Å². The molecule has 0 atom stereocenters. The van der Waals surface area contributed by atoms with Gasteiger partial charge in [-0.3, -0.25) is 0 Å². The van der Waals surface area contributed by atoms with Crippen LogP contribution in [-0.4, -0.2) is 15.3 Å². The number of hydrogen-bond donors (Lipinski definition) is 1. The van der Waals surface area contributed by atoms with Crippen LogP contribution >= 0.6 is 23.1 Å². The van der Waals surface area contributed by atoms with Crippen LogP contribution in [0.15, 0.2) is 5.38 Å². The summed E-state index contributed by atoms with van der Waals surface area (Å²) in [7, 11) is 0. The first-order chi connectivity index (χ1) is 7.38. The van der Waals surface area contributed by atoms with Gasteiger partial charge in [0.15, 0.2) is 0 Å². The predicted molar refractivity (Wildman–Crippen MR) is 66.2 cm³/mol. The highest BCUT2D eigenvalue weighted by atomic mass is 32.2. The van der Waals surface area contributed by atoms with E-state index in [0.29, 0.717) is 0 Å². The van der Waals surface area contributed by atoms with Gasteiger partial charge in [0, 0.05) is 16.4 Å². The molecular weight excluding hydrogens is 226 g/mol. The highest BCUT2D eigenvalue weighted by molar-refractivity contribution is 7.99. The van der Waals surface area contributed by atoms with Crippen molar-refractivity contribution in [3.63, 3.8) is 0 Å². The highest BCUT2D eigenvalue weighted by Gasteiger charge is 2.14. The Morgan fingerprint density at radius 1 is 1.40 bits per heavy atom. The van der Waals surface area contributed by atoms with Crippen LogP contribution in [0, 0.1) is 0 Å². The van der Waals surface area contributed by atoms with Crippen LogP contribution < -0.4 is 0 Å². The number of aliphatic hydroxyl groups excluding tert-OH is 1. The molecule has 0 spiro atoms. The monoisotopic (exact) mass is 243 g/mol. The molecular formula is C11H17NOS2. The average molecular weight is 243 g/mol. The largest absolute Gasteiger partial charge is 0.390 e. The van der Waals surface area contributed by atoms with Gasteiger partial charge < -0.3 is 5.11 Å². The minimum atomic E-state index is 0.0740. The van der Waals surface area contributed by atoms with Crippen LogP contribution in [0.1, 0.15) is 42.8 Å². The molecule has 2 rings (SSSR count). The number of aromatic nitrogens is 1. The Morgan fingerprint density at radius 2 is 2.20 bits per heavy atom. The third-order valence-corrected chi connectivity index (χ3v) is 5.22. The van der Waals surface area contributed by atoms with Crippen LogP contribution in [0.25, 0.3) is 0 Å². The van der Waals surface area contributed by atoms with Gasteiger partial charge in [0.2, 0.25) is 0 Å². The summed E-state index contributed by atoms with van der Waals surface area (Å²) in [4.78, 5) is 4.36. The minimum absolute atomic E-state index is 0.0740. The smallest absolute Gasteiger partial charge is 0.103 e. The van der Waals surface area contributed by atoms with Crippen LogP contribution in [0.2, 0.25) is 0 Å². The molecule has 0 radical (unpaired) electrons. The lowest BCUT2D eigenvalue weighted by Crippen LogP contribution is -2.08. The molecule has 0 saturated heterocycles. The summed E-state index contributed by atoms with van der Waals surface area (Å²) in [5, 5.41) is 12.9. The number of hydrogen-bond acceptors (Lipinski definition) is 4. The lowest BCUT2D eigenvalue weighted by atomic mass is 10.0. The highest BCUT2D eigenvalue weighted by Crippen LogP contribution is 2.31. The van der Waals surface area contributed by atoms with Crippen molar-refractivity contribution in [3.05, 3.63) is 16.1 Å². The van der Waals surface area contributed by atoms with Gasteiger partial charge in [0.05, 0.1) is 12.3 Å². The van der Waals surface area contributed by atoms with E-state index in [9.17, 15) is 0 Å². The molecule has 0 aliphatic heterocycles. The molecule has 1 aliphatic rings. The second-order valence-electron chi connectivity index (χ2n) is 3.96. The average Bonchev–Trinajstić information content (AvgIpc) is 2.76. The zero-order valence-corrected chi connectivity index (χ0v) is 10.4. The van der Waals surface area contributed by atoms with Crippen LogP contribution in [0.3, 0.4) is 0 Å². The summed E-state index contributed by atoms with van der Waals surface area (Å²) in [5.41, 5.74) is 0.819. The summed E-state index contributed by atoms with van der Waals surface area (Å²) < 4.78 is 0. The molecule has 0 aromatic carbocycles. The third-order valence-electron chi connectivity index (χ3n) is 2.76. The Bertz CT molecular complexity index is 295. The van der Waals surface area contributed by atoms with E-state index >= 15 is 0 Å². The number of nitrogens with zero attached hydrogens (tertiary/aromatic N) is 1. The summed E-state index contributed by atoms with van der Waals surface area (Å²) in [6.07, 6.45) is 6.98. The Hall–Kier alpha value is -0.0600. The summed E-state index contributed by atoms with van der Waals surface area (Å²) >= 11 is 3.71. The standard InChI is InChI=1S/C11H17NOS2/c13-6-9-7-15-11(12-9)8-14-10-4-2-1-3-5-10/h7,10,13H,1-6,8H2. The molecule has 4 heteroatoms. The fourth-order valence-electron chi connectivity index (χ4n) is 1.91. The number of rotatable bonds is 4. The zero-order valence-electron chi connectivity index (χ0n) is 8.82. The third kappa shape index (κ3) is 3.47. The van der Waals surface area contributed by atoms with Crippen molar-refractivity contribution in [1.82, 2.24) is 4.98 Å². The maximum atomic E-state index is 8.91. The molecule has 1 aliphatic carbocycles. The van der Waals surface area contributed by atoms with E-state index in [0.717, 1.165) is 21.7 Å². The van der Waals surface area contributed by atoms with Crippen LogP contribution in [0.5, 0.6) is 0 Å². The summed E-state index contributed by atoms with van der Waals surface area (Å²) in [6, 6.07) is 0. The van der Waals surface area contributed by atoms with Gasteiger partial charge in [-0.25, -0.2) is 4.98 Å². The van der Waals surface area contributed by atoms with E-state index in [1.165, 1.54) is 32.1 Å². The second-order valence-corrected chi connectivity index (χ2v) is 6.19.